The van der Waals surface area contributed by atoms with Crippen LogP contribution in [0.5, 0.6) is 0 Å². The topological polar surface area (TPSA) is 38.3 Å². The molecular weight excluding hydrogens is 233 g/mol. The number of carbonyl (C=O) groups is 1. The molecule has 1 aliphatic rings. The number of hydrogen-bond donors (Lipinski definition) is 1. The van der Waals surface area contributed by atoms with Gasteiger partial charge in [0.25, 0.3) is 0 Å². The number of rotatable bonds is 4. The van der Waals surface area contributed by atoms with Gasteiger partial charge in [0.05, 0.1) is 18.6 Å². The third kappa shape index (κ3) is 3.53. The number of amides is 1. The van der Waals surface area contributed by atoms with Gasteiger partial charge in [-0.15, -0.1) is 0 Å². The number of hydrogen-bond acceptors (Lipinski definition) is 2. The van der Waals surface area contributed by atoms with Crippen LogP contribution in [-0.2, 0) is 16.0 Å². The standard InChI is InChI=1S/C14H18FNO2/c1-10(13-3-2-8-18-13)16-14(17)9-11-4-6-12(15)7-5-11/h4-7,10,13H,2-3,8-9H2,1H3,(H,16,17)/t10-,13-/m1/s1. The lowest BCUT2D eigenvalue weighted by Crippen LogP contribution is -2.41. The average molecular weight is 251 g/mol. The molecule has 2 atom stereocenters. The molecule has 1 amide bonds. The van der Waals surface area contributed by atoms with Gasteiger partial charge in [0.15, 0.2) is 0 Å². The molecule has 0 radical (unpaired) electrons. The van der Waals surface area contributed by atoms with Crippen LogP contribution in [-0.4, -0.2) is 24.7 Å². The molecule has 1 aromatic carbocycles. The first-order chi connectivity index (χ1) is 8.65. The van der Waals surface area contributed by atoms with Crippen molar-refractivity contribution in [1.29, 1.82) is 0 Å². The molecule has 1 heterocycles. The zero-order valence-electron chi connectivity index (χ0n) is 10.5. The highest BCUT2D eigenvalue weighted by atomic mass is 19.1. The molecule has 0 spiro atoms. The van der Waals surface area contributed by atoms with E-state index in [1.54, 1.807) is 12.1 Å². The zero-order valence-corrected chi connectivity index (χ0v) is 10.5. The van der Waals surface area contributed by atoms with Crippen LogP contribution in [0.1, 0.15) is 25.3 Å². The van der Waals surface area contributed by atoms with E-state index >= 15 is 0 Å². The van der Waals surface area contributed by atoms with Crippen molar-refractivity contribution < 1.29 is 13.9 Å². The summed E-state index contributed by atoms with van der Waals surface area (Å²) in [6.07, 6.45) is 2.46. The molecule has 0 aromatic heterocycles. The van der Waals surface area contributed by atoms with Gasteiger partial charge in [-0.2, -0.15) is 0 Å². The van der Waals surface area contributed by atoms with E-state index in [-0.39, 0.29) is 30.3 Å². The highest BCUT2D eigenvalue weighted by molar-refractivity contribution is 5.78. The van der Waals surface area contributed by atoms with Crippen molar-refractivity contribution >= 4 is 5.91 Å². The fraction of sp³-hybridized carbons (Fsp3) is 0.500. The Bertz CT molecular complexity index is 399. The first kappa shape index (κ1) is 13.0. The van der Waals surface area contributed by atoms with Gasteiger partial charge in [0.2, 0.25) is 5.91 Å². The lowest BCUT2D eigenvalue weighted by atomic mass is 10.1. The fourth-order valence-corrected chi connectivity index (χ4v) is 2.18. The minimum absolute atomic E-state index is 0.0282. The van der Waals surface area contributed by atoms with Crippen LogP contribution in [0.25, 0.3) is 0 Å². The maximum Gasteiger partial charge on any atom is 0.224 e. The first-order valence-electron chi connectivity index (χ1n) is 6.30. The van der Waals surface area contributed by atoms with E-state index < -0.39 is 0 Å². The lowest BCUT2D eigenvalue weighted by Gasteiger charge is -2.19. The zero-order chi connectivity index (χ0) is 13.0. The lowest BCUT2D eigenvalue weighted by molar-refractivity contribution is -0.121. The van der Waals surface area contributed by atoms with Crippen molar-refractivity contribution in [3.8, 4) is 0 Å². The largest absolute Gasteiger partial charge is 0.376 e. The SMILES string of the molecule is C[C@@H](NC(=O)Cc1ccc(F)cc1)[C@H]1CCCO1. The minimum atomic E-state index is -0.285. The summed E-state index contributed by atoms with van der Waals surface area (Å²) in [7, 11) is 0. The predicted octanol–water partition coefficient (Wildman–Crippen LogP) is 2.05. The number of ether oxygens (including phenoxy) is 1. The van der Waals surface area contributed by atoms with E-state index in [0.717, 1.165) is 25.0 Å². The smallest absolute Gasteiger partial charge is 0.224 e. The molecule has 0 aliphatic carbocycles. The van der Waals surface area contributed by atoms with Gasteiger partial charge < -0.3 is 10.1 Å². The maximum atomic E-state index is 12.7. The summed E-state index contributed by atoms with van der Waals surface area (Å²) in [6.45, 7) is 2.74. The summed E-state index contributed by atoms with van der Waals surface area (Å²) in [5.74, 6) is -0.337. The van der Waals surface area contributed by atoms with E-state index in [1.807, 2.05) is 6.92 Å². The van der Waals surface area contributed by atoms with Crippen LogP contribution in [0.4, 0.5) is 4.39 Å². The van der Waals surface area contributed by atoms with E-state index in [4.69, 9.17) is 4.74 Å². The van der Waals surface area contributed by atoms with Crippen LogP contribution in [0.3, 0.4) is 0 Å². The van der Waals surface area contributed by atoms with Gasteiger partial charge in [0, 0.05) is 6.61 Å². The van der Waals surface area contributed by atoms with Crippen LogP contribution >= 0.6 is 0 Å². The molecule has 1 saturated heterocycles. The van der Waals surface area contributed by atoms with Gasteiger partial charge in [-0.3, -0.25) is 4.79 Å². The Labute approximate surface area is 106 Å². The Morgan fingerprint density at radius 3 is 2.83 bits per heavy atom. The van der Waals surface area contributed by atoms with Gasteiger partial charge in [0.1, 0.15) is 5.82 Å². The maximum absolute atomic E-state index is 12.7. The molecule has 1 aliphatic heterocycles. The van der Waals surface area contributed by atoms with Gasteiger partial charge >= 0.3 is 0 Å². The second-order valence-corrected chi connectivity index (χ2v) is 4.71. The summed E-state index contributed by atoms with van der Waals surface area (Å²) in [4.78, 5) is 11.8. The second kappa shape index (κ2) is 5.96. The highest BCUT2D eigenvalue weighted by Crippen LogP contribution is 2.15. The minimum Gasteiger partial charge on any atom is -0.376 e. The van der Waals surface area contributed by atoms with Crippen molar-refractivity contribution in [1.82, 2.24) is 5.32 Å². The van der Waals surface area contributed by atoms with Gasteiger partial charge in [-0.25, -0.2) is 4.39 Å². The number of benzene rings is 1. The second-order valence-electron chi connectivity index (χ2n) is 4.71. The van der Waals surface area contributed by atoms with Crippen LogP contribution < -0.4 is 5.32 Å². The Kier molecular flexibility index (Phi) is 4.31. The molecule has 98 valence electrons. The predicted molar refractivity (Wildman–Crippen MR) is 66.7 cm³/mol. The third-order valence-electron chi connectivity index (χ3n) is 3.19. The molecule has 1 aromatic rings. The van der Waals surface area contributed by atoms with Gasteiger partial charge in [-0.05, 0) is 37.5 Å². The van der Waals surface area contributed by atoms with Crippen molar-refractivity contribution in [2.24, 2.45) is 0 Å². The Morgan fingerprint density at radius 2 is 2.22 bits per heavy atom. The quantitative estimate of drug-likeness (QED) is 0.889. The molecular formula is C14H18FNO2. The van der Waals surface area contributed by atoms with E-state index in [2.05, 4.69) is 5.32 Å². The van der Waals surface area contributed by atoms with Gasteiger partial charge in [-0.1, -0.05) is 12.1 Å². The monoisotopic (exact) mass is 251 g/mol. The summed E-state index contributed by atoms with van der Waals surface area (Å²) in [5, 5.41) is 2.93. The number of carbonyl (C=O) groups excluding carboxylic acids is 1. The van der Waals surface area contributed by atoms with Crippen molar-refractivity contribution in [3.05, 3.63) is 35.6 Å². The summed E-state index contributed by atoms with van der Waals surface area (Å²) < 4.78 is 18.2. The summed E-state index contributed by atoms with van der Waals surface area (Å²) in [5.41, 5.74) is 0.813. The molecule has 18 heavy (non-hydrogen) atoms. The fourth-order valence-electron chi connectivity index (χ4n) is 2.18. The van der Waals surface area contributed by atoms with E-state index in [0.29, 0.717) is 0 Å². The summed E-state index contributed by atoms with van der Waals surface area (Å²) >= 11 is 0. The van der Waals surface area contributed by atoms with Crippen LogP contribution in [0, 0.1) is 5.82 Å². The molecule has 4 heteroatoms. The normalized spacial score (nSPS) is 20.7. The summed E-state index contributed by atoms with van der Waals surface area (Å²) in [6, 6.07) is 6.02. The Hall–Kier alpha value is -1.42. The highest BCUT2D eigenvalue weighted by Gasteiger charge is 2.23. The molecule has 0 saturated carbocycles. The van der Waals surface area contributed by atoms with Crippen LogP contribution in [0.15, 0.2) is 24.3 Å². The molecule has 0 unspecified atom stereocenters. The molecule has 0 bridgehead atoms. The molecule has 3 nitrogen and oxygen atoms in total. The Balaban J connectivity index is 1.82. The number of nitrogens with one attached hydrogen (secondary N) is 1. The van der Waals surface area contributed by atoms with Crippen molar-refractivity contribution in [2.45, 2.75) is 38.3 Å². The first-order valence-corrected chi connectivity index (χ1v) is 6.30. The molecule has 1 N–H and O–H groups in total. The molecule has 2 rings (SSSR count). The van der Waals surface area contributed by atoms with E-state index in [9.17, 15) is 9.18 Å². The molecule has 1 fully saturated rings. The van der Waals surface area contributed by atoms with Crippen LogP contribution in [0.2, 0.25) is 0 Å². The van der Waals surface area contributed by atoms with Crippen molar-refractivity contribution in [3.63, 3.8) is 0 Å². The third-order valence-corrected chi connectivity index (χ3v) is 3.19. The van der Waals surface area contributed by atoms with Crippen molar-refractivity contribution in [2.75, 3.05) is 6.61 Å². The number of halogens is 1. The Morgan fingerprint density at radius 1 is 1.50 bits per heavy atom. The van der Waals surface area contributed by atoms with E-state index in [1.165, 1.54) is 12.1 Å². The average Bonchev–Trinajstić information content (AvgIpc) is 2.85.